The van der Waals surface area contributed by atoms with Crippen molar-refractivity contribution < 1.29 is 19.4 Å². The lowest BCUT2D eigenvalue weighted by atomic mass is 10.1. The first-order chi connectivity index (χ1) is 14.8. The summed E-state index contributed by atoms with van der Waals surface area (Å²) >= 11 is 0. The number of rotatable bonds is 6. The van der Waals surface area contributed by atoms with Crippen LogP contribution in [0.15, 0.2) is 60.2 Å². The number of amides is 1. The number of ether oxygens (including phenoxy) is 1. The second-order valence-electron chi connectivity index (χ2n) is 6.87. The molecule has 1 heterocycles. The summed E-state index contributed by atoms with van der Waals surface area (Å²) in [7, 11) is 1.61. The lowest BCUT2D eigenvalue weighted by Gasteiger charge is -2.10. The van der Waals surface area contributed by atoms with Gasteiger partial charge in [-0.05, 0) is 80.1 Å². The third kappa shape index (κ3) is 4.65. The third-order valence-electron chi connectivity index (χ3n) is 4.86. The fourth-order valence-electron chi connectivity index (χ4n) is 3.26. The largest absolute Gasteiger partial charge is 0.497 e. The Bertz CT molecular complexity index is 1200. The first-order valence-corrected chi connectivity index (χ1v) is 9.44. The number of hydrogen-bond donors (Lipinski definition) is 2. The maximum absolute atomic E-state index is 12.6. The molecule has 0 aliphatic carbocycles. The van der Waals surface area contributed by atoms with Crippen molar-refractivity contribution in [3.8, 4) is 17.5 Å². The van der Waals surface area contributed by atoms with E-state index in [1.165, 1.54) is 24.3 Å². The molecule has 2 N–H and O–H groups in total. The molecule has 2 aromatic carbocycles. The highest BCUT2D eigenvalue weighted by atomic mass is 16.5. The number of benzene rings is 2. The van der Waals surface area contributed by atoms with Gasteiger partial charge in [0.25, 0.3) is 5.91 Å². The first kappa shape index (κ1) is 21.4. The van der Waals surface area contributed by atoms with Crippen molar-refractivity contribution in [2.45, 2.75) is 13.8 Å². The molecule has 0 fully saturated rings. The van der Waals surface area contributed by atoms with Crippen LogP contribution < -0.4 is 10.1 Å². The number of nitrogens with zero attached hydrogens (tertiary/aromatic N) is 2. The van der Waals surface area contributed by atoms with Gasteiger partial charge in [-0.25, -0.2) is 4.79 Å². The van der Waals surface area contributed by atoms with Gasteiger partial charge in [-0.1, -0.05) is 0 Å². The first-order valence-electron chi connectivity index (χ1n) is 9.44. The van der Waals surface area contributed by atoms with Gasteiger partial charge < -0.3 is 19.7 Å². The quantitative estimate of drug-likeness (QED) is 0.460. The molecule has 3 rings (SSSR count). The second-order valence-corrected chi connectivity index (χ2v) is 6.87. The predicted octanol–water partition coefficient (Wildman–Crippen LogP) is 4.35. The summed E-state index contributed by atoms with van der Waals surface area (Å²) in [6.07, 6.45) is 1.54. The zero-order valence-electron chi connectivity index (χ0n) is 17.3. The van der Waals surface area contributed by atoms with E-state index in [0.717, 1.165) is 28.4 Å². The topological polar surface area (TPSA) is 104 Å². The van der Waals surface area contributed by atoms with Crippen LogP contribution in [0, 0.1) is 25.2 Å². The molecular formula is C24H21N3O4. The van der Waals surface area contributed by atoms with Crippen LogP contribution in [0.2, 0.25) is 0 Å². The van der Waals surface area contributed by atoms with E-state index in [1.54, 1.807) is 13.2 Å². The minimum absolute atomic E-state index is 0.0581. The monoisotopic (exact) mass is 415 g/mol. The highest BCUT2D eigenvalue weighted by molar-refractivity contribution is 6.09. The van der Waals surface area contributed by atoms with Crippen molar-refractivity contribution >= 4 is 23.6 Å². The Morgan fingerprint density at radius 1 is 1.10 bits per heavy atom. The molecule has 0 radical (unpaired) electrons. The molecule has 0 atom stereocenters. The molecule has 3 aromatic rings. The Labute approximate surface area is 179 Å². The number of nitrogens with one attached hydrogen (secondary N) is 1. The van der Waals surface area contributed by atoms with E-state index in [2.05, 4.69) is 5.32 Å². The summed E-state index contributed by atoms with van der Waals surface area (Å²) in [4.78, 5) is 23.5. The highest BCUT2D eigenvalue weighted by Gasteiger charge is 2.14. The fraction of sp³-hybridized carbons (Fsp3) is 0.125. The normalized spacial score (nSPS) is 11.0. The molecule has 156 valence electrons. The van der Waals surface area contributed by atoms with Crippen molar-refractivity contribution in [2.75, 3.05) is 12.4 Å². The van der Waals surface area contributed by atoms with Gasteiger partial charge in [-0.2, -0.15) is 5.26 Å². The number of nitriles is 1. The average Bonchev–Trinajstić information content (AvgIpc) is 3.05. The fourth-order valence-corrected chi connectivity index (χ4v) is 3.26. The zero-order chi connectivity index (χ0) is 22.5. The van der Waals surface area contributed by atoms with Crippen LogP contribution >= 0.6 is 0 Å². The number of aromatic carboxylic acids is 1. The van der Waals surface area contributed by atoms with Crippen LogP contribution in [0.25, 0.3) is 11.8 Å². The smallest absolute Gasteiger partial charge is 0.335 e. The van der Waals surface area contributed by atoms with E-state index < -0.39 is 11.9 Å². The van der Waals surface area contributed by atoms with Crippen LogP contribution in [0.1, 0.15) is 27.3 Å². The molecule has 0 saturated carbocycles. The maximum Gasteiger partial charge on any atom is 0.335 e. The van der Waals surface area contributed by atoms with Gasteiger partial charge in [0.05, 0.1) is 12.7 Å². The van der Waals surface area contributed by atoms with Crippen molar-refractivity contribution in [3.63, 3.8) is 0 Å². The summed E-state index contributed by atoms with van der Waals surface area (Å²) in [5.41, 5.74) is 3.99. The van der Waals surface area contributed by atoms with Crippen LogP contribution in [0.3, 0.4) is 0 Å². The molecule has 0 bridgehead atoms. The molecule has 0 saturated heterocycles. The van der Waals surface area contributed by atoms with Crippen LogP contribution in [-0.2, 0) is 4.79 Å². The SMILES string of the molecule is COc1ccc(-n2c(C)cc(/C=C(\C#N)C(=O)Nc3ccc(C(=O)O)cc3)c2C)cc1. The van der Waals surface area contributed by atoms with E-state index in [-0.39, 0.29) is 11.1 Å². The van der Waals surface area contributed by atoms with E-state index in [0.29, 0.717) is 5.69 Å². The van der Waals surface area contributed by atoms with E-state index in [4.69, 9.17) is 9.84 Å². The summed E-state index contributed by atoms with van der Waals surface area (Å²) in [6.45, 7) is 3.87. The molecule has 31 heavy (non-hydrogen) atoms. The average molecular weight is 415 g/mol. The number of anilines is 1. The van der Waals surface area contributed by atoms with Crippen molar-refractivity contribution in [1.29, 1.82) is 5.26 Å². The standard InChI is InChI=1S/C24H21N3O4/c1-15-12-18(16(2)27(15)21-8-10-22(31-3)11-9-21)13-19(14-25)23(28)26-20-6-4-17(5-7-20)24(29)30/h4-13H,1-3H3,(H,26,28)(H,29,30)/b19-13+. The van der Waals surface area contributed by atoms with Gasteiger partial charge in [0, 0.05) is 22.8 Å². The molecule has 7 nitrogen and oxygen atoms in total. The van der Waals surface area contributed by atoms with Crippen molar-refractivity contribution in [3.05, 3.63) is 82.7 Å². The molecule has 0 unspecified atom stereocenters. The minimum atomic E-state index is -1.05. The maximum atomic E-state index is 12.6. The summed E-state index contributed by atoms with van der Waals surface area (Å²) < 4.78 is 7.23. The van der Waals surface area contributed by atoms with Gasteiger partial charge in [0.15, 0.2) is 0 Å². The van der Waals surface area contributed by atoms with Crippen molar-refractivity contribution in [1.82, 2.24) is 4.57 Å². The Balaban J connectivity index is 1.87. The molecule has 1 aromatic heterocycles. The van der Waals surface area contributed by atoms with E-state index >= 15 is 0 Å². The Hall–Kier alpha value is -4.31. The number of carboxylic acid groups (broad SMARTS) is 1. The number of methoxy groups -OCH3 is 1. The molecule has 0 spiro atoms. The van der Waals surface area contributed by atoms with Crippen LogP contribution in [0.4, 0.5) is 5.69 Å². The number of hydrogen-bond acceptors (Lipinski definition) is 4. The lowest BCUT2D eigenvalue weighted by molar-refractivity contribution is -0.112. The Morgan fingerprint density at radius 3 is 2.29 bits per heavy atom. The van der Waals surface area contributed by atoms with Gasteiger partial charge in [-0.15, -0.1) is 0 Å². The third-order valence-corrected chi connectivity index (χ3v) is 4.86. The number of aromatic nitrogens is 1. The molecule has 0 aliphatic rings. The summed E-state index contributed by atoms with van der Waals surface area (Å²) in [5, 5.41) is 21.1. The molecule has 1 amide bonds. The Kier molecular flexibility index (Phi) is 6.22. The lowest BCUT2D eigenvalue weighted by Crippen LogP contribution is -2.13. The second kappa shape index (κ2) is 9.01. The van der Waals surface area contributed by atoms with Gasteiger partial charge in [-0.3, -0.25) is 4.79 Å². The molecule has 7 heteroatoms. The number of carboxylic acids is 1. The molecular weight excluding hydrogens is 394 g/mol. The van der Waals surface area contributed by atoms with Gasteiger partial charge in [0.1, 0.15) is 17.4 Å². The summed E-state index contributed by atoms with van der Waals surface area (Å²) in [6, 6.07) is 17.2. The van der Waals surface area contributed by atoms with Crippen LogP contribution in [-0.4, -0.2) is 28.7 Å². The van der Waals surface area contributed by atoms with E-state index in [1.807, 2.05) is 54.8 Å². The van der Waals surface area contributed by atoms with Crippen molar-refractivity contribution in [2.24, 2.45) is 0 Å². The van der Waals surface area contributed by atoms with E-state index in [9.17, 15) is 14.9 Å². The number of carbonyl (C=O) groups excluding carboxylic acids is 1. The van der Waals surface area contributed by atoms with Crippen LogP contribution in [0.5, 0.6) is 5.75 Å². The molecule has 0 aliphatic heterocycles. The predicted molar refractivity (Wildman–Crippen MR) is 117 cm³/mol. The number of aryl methyl sites for hydroxylation is 1. The van der Waals surface area contributed by atoms with Gasteiger partial charge in [0.2, 0.25) is 0 Å². The zero-order valence-corrected chi connectivity index (χ0v) is 17.3. The van der Waals surface area contributed by atoms with Gasteiger partial charge >= 0.3 is 5.97 Å². The highest BCUT2D eigenvalue weighted by Crippen LogP contribution is 2.24. The Morgan fingerprint density at radius 2 is 1.74 bits per heavy atom. The summed E-state index contributed by atoms with van der Waals surface area (Å²) in [5.74, 6) is -0.867. The number of carbonyl (C=O) groups is 2. The minimum Gasteiger partial charge on any atom is -0.497 e.